The van der Waals surface area contributed by atoms with E-state index in [1.54, 1.807) is 11.8 Å². The van der Waals surface area contributed by atoms with E-state index in [4.69, 9.17) is 5.73 Å². The smallest absolute Gasteiger partial charge is 0.154 e. The van der Waals surface area contributed by atoms with Crippen LogP contribution in [-0.2, 0) is 0 Å². The quantitative estimate of drug-likeness (QED) is 0.602. The molecule has 1 unspecified atom stereocenters. The van der Waals surface area contributed by atoms with Crippen LogP contribution in [0.3, 0.4) is 0 Å². The molecule has 1 aliphatic heterocycles. The molecule has 0 radical (unpaired) electrons. The molecule has 0 saturated carbocycles. The fourth-order valence-corrected chi connectivity index (χ4v) is 1.76. The molecule has 9 heavy (non-hydrogen) atoms. The average molecular weight is 147 g/mol. The van der Waals surface area contributed by atoms with Crippen LogP contribution in [0.2, 0.25) is 0 Å². The minimum atomic E-state index is 0.468. The lowest BCUT2D eigenvalue weighted by Crippen LogP contribution is -2.12. The maximum Gasteiger partial charge on any atom is 0.154 e. The Balaban J connectivity index is 2.47. The molecule has 0 aromatic rings. The fraction of sp³-hybridized carbons (Fsp3) is 0.833. The zero-order chi connectivity index (χ0) is 6.85. The lowest BCUT2D eigenvalue weighted by molar-refractivity contribution is 0.543. The first-order chi connectivity index (χ1) is 4.20. The van der Waals surface area contributed by atoms with E-state index in [0.717, 1.165) is 10.9 Å². The third-order valence-corrected chi connectivity index (χ3v) is 2.37. The first-order valence-electron chi connectivity index (χ1n) is 3.16. The van der Waals surface area contributed by atoms with Gasteiger partial charge < -0.3 is 5.73 Å². The Hall–Kier alpha value is -0.180. The molecule has 1 aliphatic rings. The second-order valence-electron chi connectivity index (χ2n) is 2.59. The summed E-state index contributed by atoms with van der Waals surface area (Å²) in [6.07, 6.45) is 0. The summed E-state index contributed by atoms with van der Waals surface area (Å²) in [4.78, 5) is 4.25. The van der Waals surface area contributed by atoms with Crippen molar-refractivity contribution in [2.75, 3.05) is 5.75 Å². The maximum atomic E-state index is 5.48. The first kappa shape index (κ1) is 6.93. The molecule has 1 heterocycles. The molecular formula is C6H12N2S. The van der Waals surface area contributed by atoms with E-state index in [1.165, 1.54) is 0 Å². The Labute approximate surface area is 59.9 Å². The van der Waals surface area contributed by atoms with Crippen LogP contribution in [0.4, 0.5) is 0 Å². The second-order valence-corrected chi connectivity index (χ2v) is 3.63. The zero-order valence-corrected chi connectivity index (χ0v) is 6.61. The summed E-state index contributed by atoms with van der Waals surface area (Å²) in [5, 5.41) is 0.758. The molecule has 0 fully saturated rings. The number of nitrogens with zero attached hydrogens (tertiary/aromatic N) is 1. The van der Waals surface area contributed by atoms with Crippen molar-refractivity contribution in [2.45, 2.75) is 19.9 Å². The van der Waals surface area contributed by atoms with Crippen molar-refractivity contribution in [1.29, 1.82) is 0 Å². The number of hydrogen-bond acceptors (Lipinski definition) is 3. The van der Waals surface area contributed by atoms with Crippen LogP contribution >= 0.6 is 11.8 Å². The van der Waals surface area contributed by atoms with Crippen LogP contribution in [0.15, 0.2) is 4.99 Å². The van der Waals surface area contributed by atoms with Gasteiger partial charge in [-0.1, -0.05) is 25.6 Å². The highest BCUT2D eigenvalue weighted by Crippen LogP contribution is 2.20. The molecule has 0 amide bonds. The third-order valence-electron chi connectivity index (χ3n) is 1.46. The normalized spacial score (nSPS) is 27.0. The van der Waals surface area contributed by atoms with Crippen LogP contribution in [-0.4, -0.2) is 17.0 Å². The Morgan fingerprint density at radius 1 is 1.78 bits per heavy atom. The zero-order valence-electron chi connectivity index (χ0n) is 5.79. The fourth-order valence-electron chi connectivity index (χ4n) is 0.750. The average Bonchev–Trinajstić information content (AvgIpc) is 2.14. The van der Waals surface area contributed by atoms with Gasteiger partial charge in [-0.15, -0.1) is 0 Å². The van der Waals surface area contributed by atoms with Gasteiger partial charge in [0.25, 0.3) is 0 Å². The van der Waals surface area contributed by atoms with Crippen LogP contribution in [0.5, 0.6) is 0 Å². The Morgan fingerprint density at radius 2 is 2.44 bits per heavy atom. The summed E-state index contributed by atoms with van der Waals surface area (Å²) in [7, 11) is 0. The molecule has 0 saturated heterocycles. The topological polar surface area (TPSA) is 38.4 Å². The highest BCUT2D eigenvalue weighted by molar-refractivity contribution is 8.14. The summed E-state index contributed by atoms with van der Waals surface area (Å²) in [6.45, 7) is 4.35. The van der Waals surface area contributed by atoms with Gasteiger partial charge >= 0.3 is 0 Å². The summed E-state index contributed by atoms with van der Waals surface area (Å²) in [6, 6.07) is 0.468. The van der Waals surface area contributed by atoms with E-state index in [1.807, 2.05) is 0 Å². The van der Waals surface area contributed by atoms with Crippen molar-refractivity contribution in [3.8, 4) is 0 Å². The monoisotopic (exact) mass is 147 g/mol. The van der Waals surface area contributed by atoms with Gasteiger partial charge in [-0.25, -0.2) is 0 Å². The molecular weight excluding hydrogens is 135 g/mol. The molecule has 3 heteroatoms. The number of thioether (sulfide) groups is 1. The molecule has 0 aromatic heterocycles. The lowest BCUT2D eigenvalue weighted by atomic mass is 10.1. The Morgan fingerprint density at radius 3 is 2.67 bits per heavy atom. The van der Waals surface area contributed by atoms with Crippen molar-refractivity contribution < 1.29 is 0 Å². The van der Waals surface area contributed by atoms with E-state index >= 15 is 0 Å². The van der Waals surface area contributed by atoms with Gasteiger partial charge in [0.15, 0.2) is 5.17 Å². The summed E-state index contributed by atoms with van der Waals surface area (Å²) in [5.74, 6) is 1.71. The maximum absolute atomic E-state index is 5.48. The highest BCUT2D eigenvalue weighted by Gasteiger charge is 2.18. The largest absolute Gasteiger partial charge is 0.379 e. The van der Waals surface area contributed by atoms with Crippen molar-refractivity contribution in [3.63, 3.8) is 0 Å². The van der Waals surface area contributed by atoms with Crippen LogP contribution < -0.4 is 5.73 Å². The van der Waals surface area contributed by atoms with Crippen LogP contribution in [0.1, 0.15) is 13.8 Å². The Bertz CT molecular complexity index is 131. The number of aliphatic imine (C=N–C) groups is 1. The molecule has 52 valence electrons. The molecule has 2 N–H and O–H groups in total. The van der Waals surface area contributed by atoms with Crippen LogP contribution in [0.25, 0.3) is 0 Å². The van der Waals surface area contributed by atoms with E-state index < -0.39 is 0 Å². The minimum Gasteiger partial charge on any atom is -0.379 e. The number of nitrogens with two attached hydrogens (primary N) is 1. The summed E-state index contributed by atoms with van der Waals surface area (Å²) in [5.41, 5.74) is 5.48. The van der Waals surface area contributed by atoms with Gasteiger partial charge in [0.1, 0.15) is 0 Å². The number of amidine groups is 1. The third kappa shape index (κ3) is 1.61. The van der Waals surface area contributed by atoms with Gasteiger partial charge in [-0.05, 0) is 5.92 Å². The lowest BCUT2D eigenvalue weighted by Gasteiger charge is -2.07. The van der Waals surface area contributed by atoms with Crippen molar-refractivity contribution in [1.82, 2.24) is 0 Å². The molecule has 1 atom stereocenters. The second kappa shape index (κ2) is 2.60. The van der Waals surface area contributed by atoms with Gasteiger partial charge in [-0.2, -0.15) is 0 Å². The summed E-state index contributed by atoms with van der Waals surface area (Å²) < 4.78 is 0. The van der Waals surface area contributed by atoms with E-state index in [2.05, 4.69) is 18.8 Å². The van der Waals surface area contributed by atoms with Gasteiger partial charge in [0.05, 0.1) is 6.04 Å². The number of hydrogen-bond donors (Lipinski definition) is 1. The summed E-state index contributed by atoms with van der Waals surface area (Å²) >= 11 is 1.66. The standard InChI is InChI=1S/C6H12N2S/c1-4(2)5-3-9-6(7)8-5/h4-5H,3H2,1-2H3,(H2,7,8)/i9+3. The van der Waals surface area contributed by atoms with Gasteiger partial charge in [0.2, 0.25) is 0 Å². The van der Waals surface area contributed by atoms with Crippen molar-refractivity contribution in [3.05, 3.63) is 0 Å². The number of rotatable bonds is 1. The first-order valence-corrected chi connectivity index (χ1v) is 4.15. The Kier molecular flexibility index (Phi) is 2.01. The van der Waals surface area contributed by atoms with Crippen molar-refractivity contribution in [2.24, 2.45) is 16.6 Å². The molecule has 1 rings (SSSR count). The van der Waals surface area contributed by atoms with Crippen LogP contribution in [0, 0.1) is 5.92 Å². The minimum absolute atomic E-state index is 0.468. The van der Waals surface area contributed by atoms with Crippen molar-refractivity contribution >= 4 is 16.9 Å². The highest BCUT2D eigenvalue weighted by atomic mass is 35.1. The predicted molar refractivity (Wildman–Crippen MR) is 42.7 cm³/mol. The van der Waals surface area contributed by atoms with E-state index in [9.17, 15) is 0 Å². The van der Waals surface area contributed by atoms with Gasteiger partial charge in [-0.3, -0.25) is 4.99 Å². The van der Waals surface area contributed by atoms with Gasteiger partial charge in [0, 0.05) is 5.75 Å². The van der Waals surface area contributed by atoms with E-state index in [-0.39, 0.29) is 0 Å². The molecule has 0 aliphatic carbocycles. The molecule has 2 nitrogen and oxygen atoms in total. The predicted octanol–water partition coefficient (Wildman–Crippen LogP) is 1.07. The van der Waals surface area contributed by atoms with E-state index in [0.29, 0.717) is 12.0 Å². The molecule has 0 aromatic carbocycles. The molecule has 0 bridgehead atoms. The molecule has 0 spiro atoms. The SMILES string of the molecule is CC(C)C1C[35S]C(N)=N1.